The van der Waals surface area contributed by atoms with Crippen molar-refractivity contribution in [2.24, 2.45) is 17.8 Å². The zero-order chi connectivity index (χ0) is 23.6. The Morgan fingerprint density at radius 2 is 2.03 bits per heavy atom. The lowest BCUT2D eigenvalue weighted by Gasteiger charge is -2.67. The summed E-state index contributed by atoms with van der Waals surface area (Å²) < 4.78 is 11.3. The monoisotopic (exact) mass is 465 g/mol. The molecular weight excluding hydrogens is 432 g/mol. The van der Waals surface area contributed by atoms with Gasteiger partial charge in [-0.15, -0.1) is 0 Å². The molecule has 180 valence electrons. The first-order chi connectivity index (χ1) is 16.4. The third-order valence-corrected chi connectivity index (χ3v) is 10.6. The topological polar surface area (TPSA) is 83.1 Å². The number of rotatable bonds is 4. The molecule has 10 atom stereocenters. The zero-order valence-electron chi connectivity index (χ0n) is 19.9. The van der Waals surface area contributed by atoms with Crippen LogP contribution >= 0.6 is 0 Å². The van der Waals surface area contributed by atoms with E-state index in [2.05, 4.69) is 43.1 Å². The van der Waals surface area contributed by atoms with Crippen molar-refractivity contribution in [1.29, 1.82) is 0 Å². The first kappa shape index (κ1) is 21.0. The van der Waals surface area contributed by atoms with E-state index < -0.39 is 18.3 Å². The second-order valence-corrected chi connectivity index (χ2v) is 11.3. The molecule has 2 N–H and O–H groups in total. The Kier molecular flexibility index (Phi) is 4.10. The van der Waals surface area contributed by atoms with Gasteiger partial charge in [0.25, 0.3) is 0 Å². The summed E-state index contributed by atoms with van der Waals surface area (Å²) in [6, 6.07) is 12.6. The molecule has 1 aliphatic carbocycles. The van der Waals surface area contributed by atoms with Crippen LogP contribution in [-0.2, 0) is 16.7 Å². The number of hydrogen-bond acceptors (Lipinski definition) is 6. The van der Waals surface area contributed by atoms with Gasteiger partial charge in [0, 0.05) is 37.4 Å². The fourth-order valence-corrected chi connectivity index (χ4v) is 9.65. The second kappa shape index (κ2) is 6.65. The summed E-state index contributed by atoms with van der Waals surface area (Å²) >= 11 is 0. The number of aliphatic hydroxyl groups excluding tert-OH is 2. The number of carbonyl (C=O) groups excluding carboxylic acids is 1. The van der Waals surface area contributed by atoms with E-state index >= 15 is 0 Å². The number of likely N-dealkylation sites (N-methyl/N-ethyl adjacent to an activating group) is 1. The number of ether oxygens (including phenoxy) is 1. The van der Waals surface area contributed by atoms with Crippen molar-refractivity contribution in [3.05, 3.63) is 53.5 Å². The summed E-state index contributed by atoms with van der Waals surface area (Å²) in [7, 11) is 3.51. The van der Waals surface area contributed by atoms with Crippen LogP contribution in [0.3, 0.4) is 0 Å². The molecule has 5 bridgehead atoms. The molecule has 6 aliphatic rings. The first-order valence-electron chi connectivity index (χ1n) is 12.6. The number of fused-ring (bicyclic) bond motifs is 2. The molecule has 6 heterocycles. The van der Waals surface area contributed by atoms with Crippen molar-refractivity contribution in [2.75, 3.05) is 19.1 Å². The molecule has 1 aromatic carbocycles. The number of aliphatic hydroxyl groups is 2. The maximum Gasteiger partial charge on any atom is 0.373 e. The van der Waals surface area contributed by atoms with Crippen LogP contribution < -0.4 is 4.90 Å². The quantitative estimate of drug-likeness (QED) is 0.534. The summed E-state index contributed by atoms with van der Waals surface area (Å²) in [5, 5.41) is 24.1. The molecule has 1 saturated carbocycles. The number of para-hydroxylation sites is 1. The normalized spacial score (nSPS) is 44.9. The third kappa shape index (κ3) is 2.10. The van der Waals surface area contributed by atoms with E-state index in [-0.39, 0.29) is 41.1 Å². The van der Waals surface area contributed by atoms with E-state index in [0.717, 1.165) is 19.3 Å². The molecule has 0 amide bonds. The van der Waals surface area contributed by atoms with Gasteiger partial charge in [0.15, 0.2) is 12.0 Å². The van der Waals surface area contributed by atoms with Gasteiger partial charge in [-0.2, -0.15) is 0 Å². The molecule has 7 heteroatoms. The molecular formula is C27H33N2O5+. The van der Waals surface area contributed by atoms with Gasteiger partial charge in [-0.1, -0.05) is 25.1 Å². The highest BCUT2D eigenvalue weighted by Crippen LogP contribution is 2.71. The SMILES string of the molecule is CC[C@@H]1[C@@H]2C[C@@H]3[C@H]4N(C)c5ccccc5[C@]45C[C@@H]([C@@H]2[C@@H]5O)[N+]3(Cc2ccc(C(=O)OC)o2)[C@@H]1O. The van der Waals surface area contributed by atoms with Crippen LogP contribution in [0, 0.1) is 17.8 Å². The van der Waals surface area contributed by atoms with Crippen LogP contribution in [0.5, 0.6) is 0 Å². The standard InChI is InChI=1S/C27H33N2O5/c1-4-15-16-11-19-23-27(17-7-5-6-8-18(17)28(23)2)12-20(22(16)24(27)30)29(19,25(15)31)13-14-9-10-21(34-14)26(32)33-3/h5-10,15-16,19-20,22-25,30-31H,4,11-13H2,1-3H3/q+1/t15-,16+,19-,20+,22-,23-,24+,25-,27-,29?/m1/s1. The Labute approximate surface area is 199 Å². The summed E-state index contributed by atoms with van der Waals surface area (Å²) in [5.74, 6) is 1.04. The molecule has 4 saturated heterocycles. The number of carbonyl (C=O) groups is 1. The van der Waals surface area contributed by atoms with Crippen LogP contribution in [0.2, 0.25) is 0 Å². The molecule has 2 aromatic rings. The van der Waals surface area contributed by atoms with E-state index in [4.69, 9.17) is 9.15 Å². The summed E-state index contributed by atoms with van der Waals surface area (Å²) in [6.45, 7) is 2.69. The van der Waals surface area contributed by atoms with Crippen molar-refractivity contribution in [3.63, 3.8) is 0 Å². The van der Waals surface area contributed by atoms with Crippen molar-refractivity contribution in [1.82, 2.24) is 0 Å². The third-order valence-electron chi connectivity index (χ3n) is 10.6. The van der Waals surface area contributed by atoms with Gasteiger partial charge >= 0.3 is 5.97 Å². The van der Waals surface area contributed by atoms with Gasteiger partial charge in [-0.05, 0) is 36.1 Å². The largest absolute Gasteiger partial charge is 0.463 e. The van der Waals surface area contributed by atoms with Crippen LogP contribution in [0.15, 0.2) is 40.8 Å². The molecule has 1 unspecified atom stereocenters. The number of hydrogen-bond donors (Lipinski definition) is 2. The average molecular weight is 466 g/mol. The van der Waals surface area contributed by atoms with Gasteiger partial charge < -0.3 is 24.3 Å². The fraction of sp³-hybridized carbons (Fsp3) is 0.593. The Morgan fingerprint density at radius 1 is 1.24 bits per heavy atom. The lowest BCUT2D eigenvalue weighted by Crippen LogP contribution is -2.82. The molecule has 5 aliphatic heterocycles. The lowest BCUT2D eigenvalue weighted by molar-refractivity contribution is -1.05. The molecule has 7 nitrogen and oxygen atoms in total. The number of esters is 1. The van der Waals surface area contributed by atoms with E-state index in [1.54, 1.807) is 6.07 Å². The maximum atomic E-state index is 12.1. The second-order valence-electron chi connectivity index (χ2n) is 11.3. The van der Waals surface area contributed by atoms with E-state index in [0.29, 0.717) is 22.7 Å². The van der Waals surface area contributed by atoms with E-state index in [1.165, 1.54) is 18.4 Å². The van der Waals surface area contributed by atoms with Gasteiger partial charge in [-0.25, -0.2) is 4.79 Å². The highest BCUT2D eigenvalue weighted by Gasteiger charge is 2.83. The van der Waals surface area contributed by atoms with Crippen molar-refractivity contribution < 1.29 is 28.6 Å². The highest BCUT2D eigenvalue weighted by atomic mass is 16.5. The first-order valence-corrected chi connectivity index (χ1v) is 12.6. The minimum Gasteiger partial charge on any atom is -0.463 e. The minimum absolute atomic E-state index is 0.119. The molecule has 0 radical (unpaired) electrons. The number of methoxy groups -OCH3 is 1. The highest BCUT2D eigenvalue weighted by molar-refractivity contribution is 5.86. The van der Waals surface area contributed by atoms with Gasteiger partial charge in [0.05, 0.1) is 30.7 Å². The number of quaternary nitrogens is 1. The van der Waals surface area contributed by atoms with Crippen LogP contribution in [0.1, 0.15) is 48.1 Å². The Morgan fingerprint density at radius 3 is 2.79 bits per heavy atom. The molecule has 5 fully saturated rings. The molecule has 1 spiro atoms. The van der Waals surface area contributed by atoms with E-state index in [1.807, 2.05) is 6.07 Å². The predicted octanol–water partition coefficient (Wildman–Crippen LogP) is 2.65. The van der Waals surface area contributed by atoms with Crippen LogP contribution in [0.25, 0.3) is 0 Å². The van der Waals surface area contributed by atoms with Gasteiger partial charge in [0.2, 0.25) is 5.76 Å². The van der Waals surface area contributed by atoms with E-state index in [9.17, 15) is 15.0 Å². The van der Waals surface area contributed by atoms with Crippen molar-refractivity contribution in [2.45, 2.75) is 68.6 Å². The number of piperidine rings is 4. The van der Waals surface area contributed by atoms with Crippen molar-refractivity contribution in [3.8, 4) is 0 Å². The van der Waals surface area contributed by atoms with Gasteiger partial charge in [-0.3, -0.25) is 4.48 Å². The lowest BCUT2D eigenvalue weighted by atomic mass is 9.60. The molecule has 1 aromatic heterocycles. The fourth-order valence-electron chi connectivity index (χ4n) is 9.65. The zero-order valence-corrected chi connectivity index (χ0v) is 19.9. The predicted molar refractivity (Wildman–Crippen MR) is 124 cm³/mol. The summed E-state index contributed by atoms with van der Waals surface area (Å²) in [4.78, 5) is 14.4. The Bertz CT molecular complexity index is 1180. The minimum atomic E-state index is -0.512. The number of anilines is 1. The molecule has 8 rings (SSSR count). The number of benzene rings is 1. The van der Waals surface area contributed by atoms with Crippen molar-refractivity contribution >= 4 is 11.7 Å². The molecule has 34 heavy (non-hydrogen) atoms. The number of furan rings is 1. The maximum absolute atomic E-state index is 12.1. The Balaban J connectivity index is 1.41. The van der Waals surface area contributed by atoms with Crippen LogP contribution in [-0.4, -0.2) is 65.3 Å². The number of nitrogens with zero attached hydrogens (tertiary/aromatic N) is 2. The Hall–Kier alpha value is -2.35. The summed E-state index contributed by atoms with van der Waals surface area (Å²) in [6.07, 6.45) is 1.83. The van der Waals surface area contributed by atoms with Crippen LogP contribution in [0.4, 0.5) is 5.69 Å². The van der Waals surface area contributed by atoms with Gasteiger partial charge in [0.1, 0.15) is 12.6 Å². The average Bonchev–Trinajstić information content (AvgIpc) is 3.47. The summed E-state index contributed by atoms with van der Waals surface area (Å²) in [5.41, 5.74) is 2.20. The smallest absolute Gasteiger partial charge is 0.373 e.